The Morgan fingerprint density at radius 1 is 1.39 bits per heavy atom. The molecule has 8 heteroatoms. The van der Waals surface area contributed by atoms with Crippen molar-refractivity contribution in [2.24, 2.45) is 7.05 Å². The lowest BCUT2D eigenvalue weighted by atomic mass is 10.1. The van der Waals surface area contributed by atoms with Gasteiger partial charge < -0.3 is 14.6 Å². The van der Waals surface area contributed by atoms with Crippen LogP contribution in [0.25, 0.3) is 0 Å². The van der Waals surface area contributed by atoms with Gasteiger partial charge in [-0.2, -0.15) is 0 Å². The number of sulfonamides is 1. The summed E-state index contributed by atoms with van der Waals surface area (Å²) in [6.45, 7) is 5.01. The molecule has 7 nitrogen and oxygen atoms in total. The van der Waals surface area contributed by atoms with Crippen LogP contribution in [0.5, 0.6) is 0 Å². The zero-order valence-electron chi connectivity index (χ0n) is 13.7. The molecule has 0 saturated carbocycles. The Morgan fingerprint density at radius 2 is 2.04 bits per heavy atom. The van der Waals surface area contributed by atoms with E-state index in [0.717, 1.165) is 38.9 Å². The minimum Gasteiger partial charge on any atom is -0.477 e. The Kier molecular flexibility index (Phi) is 5.83. The minimum atomic E-state index is -3.68. The number of carbonyl (C=O) groups is 1. The highest BCUT2D eigenvalue weighted by Gasteiger charge is 2.26. The summed E-state index contributed by atoms with van der Waals surface area (Å²) in [6, 6.07) is 1.10. The van der Waals surface area contributed by atoms with Crippen LogP contribution in [0.4, 0.5) is 0 Å². The first-order valence-electron chi connectivity index (χ1n) is 7.98. The number of nitrogens with one attached hydrogen (secondary N) is 1. The first-order valence-corrected chi connectivity index (χ1v) is 9.46. The van der Waals surface area contributed by atoms with Crippen LogP contribution in [0.2, 0.25) is 0 Å². The predicted octanol–water partition coefficient (Wildman–Crippen LogP) is 1.27. The van der Waals surface area contributed by atoms with E-state index in [1.54, 1.807) is 0 Å². The highest BCUT2D eigenvalue weighted by atomic mass is 32.2. The molecule has 0 spiro atoms. The SMILES string of the molecule is CCCCN1CCC(NS(=O)(=O)c2cc(C(=O)O)n(C)c2)CC1. The lowest BCUT2D eigenvalue weighted by Gasteiger charge is -2.32. The highest BCUT2D eigenvalue weighted by Crippen LogP contribution is 2.17. The number of hydrogen-bond donors (Lipinski definition) is 2. The molecule has 0 aliphatic carbocycles. The van der Waals surface area contributed by atoms with Gasteiger partial charge in [-0.3, -0.25) is 0 Å². The number of hydrogen-bond acceptors (Lipinski definition) is 4. The zero-order valence-corrected chi connectivity index (χ0v) is 14.5. The van der Waals surface area contributed by atoms with Crippen molar-refractivity contribution in [1.29, 1.82) is 0 Å². The summed E-state index contributed by atoms with van der Waals surface area (Å²) in [6.07, 6.45) is 5.22. The number of rotatable bonds is 7. The van der Waals surface area contributed by atoms with Crippen molar-refractivity contribution < 1.29 is 18.3 Å². The Bertz CT molecular complexity index is 646. The molecule has 1 saturated heterocycles. The van der Waals surface area contributed by atoms with E-state index >= 15 is 0 Å². The van der Waals surface area contributed by atoms with Gasteiger partial charge in [-0.05, 0) is 45.0 Å². The number of aromatic nitrogens is 1. The van der Waals surface area contributed by atoms with Crippen LogP contribution >= 0.6 is 0 Å². The number of carboxylic acid groups (broad SMARTS) is 1. The van der Waals surface area contributed by atoms with Crippen LogP contribution < -0.4 is 4.72 Å². The number of aromatic carboxylic acids is 1. The molecule has 0 amide bonds. The van der Waals surface area contributed by atoms with Crippen LogP contribution in [0.3, 0.4) is 0 Å². The molecular formula is C15H25N3O4S. The molecule has 2 N–H and O–H groups in total. The summed E-state index contributed by atoms with van der Waals surface area (Å²) in [5, 5.41) is 9.02. The van der Waals surface area contributed by atoms with E-state index in [1.807, 2.05) is 0 Å². The van der Waals surface area contributed by atoms with E-state index in [2.05, 4.69) is 16.5 Å². The second kappa shape index (κ2) is 7.46. The maximum atomic E-state index is 12.4. The summed E-state index contributed by atoms with van der Waals surface area (Å²) >= 11 is 0. The number of unbranched alkanes of at least 4 members (excludes halogenated alkanes) is 1. The Balaban J connectivity index is 1.97. The lowest BCUT2D eigenvalue weighted by Crippen LogP contribution is -2.44. The fourth-order valence-electron chi connectivity index (χ4n) is 2.84. The number of piperidine rings is 1. The van der Waals surface area contributed by atoms with Crippen LogP contribution in [0, 0.1) is 0 Å². The quantitative estimate of drug-likeness (QED) is 0.778. The van der Waals surface area contributed by atoms with Gasteiger partial charge in [0.15, 0.2) is 0 Å². The van der Waals surface area contributed by atoms with Crippen LogP contribution in [-0.4, -0.2) is 54.6 Å². The average Bonchev–Trinajstić information content (AvgIpc) is 2.89. The Labute approximate surface area is 137 Å². The number of nitrogens with zero attached hydrogens (tertiary/aromatic N) is 2. The first kappa shape index (κ1) is 18.0. The third-order valence-corrected chi connectivity index (χ3v) is 5.73. The molecule has 0 bridgehead atoms. The van der Waals surface area contributed by atoms with Gasteiger partial charge in [-0.15, -0.1) is 0 Å². The Hall–Kier alpha value is -1.38. The van der Waals surface area contributed by atoms with E-state index in [9.17, 15) is 13.2 Å². The minimum absolute atomic E-state index is 0.00538. The maximum Gasteiger partial charge on any atom is 0.352 e. The average molecular weight is 343 g/mol. The van der Waals surface area contributed by atoms with Crippen LogP contribution in [-0.2, 0) is 17.1 Å². The van der Waals surface area contributed by atoms with E-state index in [1.165, 1.54) is 30.3 Å². The monoisotopic (exact) mass is 343 g/mol. The van der Waals surface area contributed by atoms with Crippen molar-refractivity contribution in [3.63, 3.8) is 0 Å². The zero-order chi connectivity index (χ0) is 17.0. The summed E-state index contributed by atoms with van der Waals surface area (Å²) in [5.41, 5.74) is -0.0419. The second-order valence-electron chi connectivity index (χ2n) is 6.07. The van der Waals surface area contributed by atoms with Gasteiger partial charge in [0.1, 0.15) is 10.6 Å². The molecule has 2 heterocycles. The molecule has 0 radical (unpaired) electrons. The van der Waals surface area contributed by atoms with E-state index < -0.39 is 16.0 Å². The molecule has 0 atom stereocenters. The Morgan fingerprint density at radius 3 is 2.57 bits per heavy atom. The maximum absolute atomic E-state index is 12.4. The summed E-state index contributed by atoms with van der Waals surface area (Å²) < 4.78 is 28.8. The second-order valence-corrected chi connectivity index (χ2v) is 7.78. The normalized spacial score (nSPS) is 17.5. The van der Waals surface area contributed by atoms with Crippen molar-refractivity contribution in [3.8, 4) is 0 Å². The van der Waals surface area contributed by atoms with Gasteiger partial charge in [0.05, 0.1) is 0 Å². The molecule has 23 heavy (non-hydrogen) atoms. The van der Waals surface area contributed by atoms with E-state index in [4.69, 9.17) is 5.11 Å². The molecule has 0 unspecified atom stereocenters. The van der Waals surface area contributed by atoms with Crippen molar-refractivity contribution in [2.75, 3.05) is 19.6 Å². The molecular weight excluding hydrogens is 318 g/mol. The van der Waals surface area contributed by atoms with E-state index in [-0.39, 0.29) is 16.6 Å². The molecule has 0 aromatic carbocycles. The standard InChI is InChI=1S/C15H25N3O4S/c1-3-4-7-18-8-5-12(6-9-18)16-23(21,22)13-10-14(15(19)20)17(2)11-13/h10-12,16H,3-9H2,1-2H3,(H,19,20). The fourth-order valence-corrected chi connectivity index (χ4v) is 4.21. The van der Waals surface area contributed by atoms with Gasteiger partial charge in [-0.1, -0.05) is 13.3 Å². The van der Waals surface area contributed by atoms with Gasteiger partial charge in [0.2, 0.25) is 10.0 Å². The van der Waals surface area contributed by atoms with Crippen molar-refractivity contribution in [1.82, 2.24) is 14.2 Å². The predicted molar refractivity (Wildman–Crippen MR) is 87.1 cm³/mol. The third kappa shape index (κ3) is 4.55. The number of carboxylic acids is 1. The molecule has 1 aliphatic heterocycles. The largest absolute Gasteiger partial charge is 0.477 e. The molecule has 1 fully saturated rings. The van der Waals surface area contributed by atoms with Gasteiger partial charge in [-0.25, -0.2) is 17.9 Å². The topological polar surface area (TPSA) is 91.6 Å². The number of likely N-dealkylation sites (tertiary alicyclic amines) is 1. The fraction of sp³-hybridized carbons (Fsp3) is 0.667. The number of aryl methyl sites for hydroxylation is 1. The summed E-state index contributed by atoms with van der Waals surface area (Å²) in [4.78, 5) is 13.4. The van der Waals surface area contributed by atoms with Crippen LogP contribution in [0.15, 0.2) is 17.2 Å². The highest BCUT2D eigenvalue weighted by molar-refractivity contribution is 7.89. The third-order valence-electron chi connectivity index (χ3n) is 4.25. The summed E-state index contributed by atoms with van der Waals surface area (Å²) in [5.74, 6) is -1.14. The summed E-state index contributed by atoms with van der Waals surface area (Å²) in [7, 11) is -2.16. The van der Waals surface area contributed by atoms with Gasteiger partial charge in [0, 0.05) is 19.3 Å². The van der Waals surface area contributed by atoms with Crippen molar-refractivity contribution in [3.05, 3.63) is 18.0 Å². The smallest absolute Gasteiger partial charge is 0.352 e. The lowest BCUT2D eigenvalue weighted by molar-refractivity contribution is 0.0686. The molecule has 2 rings (SSSR count). The molecule has 130 valence electrons. The first-order chi connectivity index (χ1) is 10.8. The van der Waals surface area contributed by atoms with Crippen molar-refractivity contribution >= 4 is 16.0 Å². The van der Waals surface area contributed by atoms with Gasteiger partial charge >= 0.3 is 5.97 Å². The van der Waals surface area contributed by atoms with Crippen molar-refractivity contribution in [2.45, 2.75) is 43.5 Å². The molecule has 1 aliphatic rings. The van der Waals surface area contributed by atoms with Gasteiger partial charge in [0.25, 0.3) is 0 Å². The molecule has 1 aromatic rings. The molecule has 1 aromatic heterocycles. The van der Waals surface area contributed by atoms with E-state index in [0.29, 0.717) is 0 Å². The van der Waals surface area contributed by atoms with Crippen LogP contribution in [0.1, 0.15) is 43.1 Å².